The van der Waals surface area contributed by atoms with E-state index in [1.165, 1.54) is 24.9 Å². The number of nitrogens with zero attached hydrogens (tertiary/aromatic N) is 1. The van der Waals surface area contributed by atoms with Crippen LogP contribution in [0.25, 0.3) is 0 Å². The predicted octanol–water partition coefficient (Wildman–Crippen LogP) is 3.34. The van der Waals surface area contributed by atoms with E-state index in [9.17, 15) is 4.39 Å². The molecule has 3 heteroatoms. The number of hydrogen-bond donors (Lipinski definition) is 1. The third kappa shape index (κ3) is 3.69. The van der Waals surface area contributed by atoms with Gasteiger partial charge >= 0.3 is 0 Å². The molecule has 0 aromatic heterocycles. The van der Waals surface area contributed by atoms with Crippen molar-refractivity contribution in [3.05, 3.63) is 29.6 Å². The van der Waals surface area contributed by atoms with Crippen LogP contribution >= 0.6 is 0 Å². The minimum Gasteiger partial charge on any atom is -0.371 e. The molecule has 1 saturated heterocycles. The summed E-state index contributed by atoms with van der Waals surface area (Å²) >= 11 is 0. The largest absolute Gasteiger partial charge is 0.371 e. The molecule has 1 fully saturated rings. The Balaban J connectivity index is 2.15. The van der Waals surface area contributed by atoms with Crippen molar-refractivity contribution in [2.45, 2.75) is 45.6 Å². The fourth-order valence-corrected chi connectivity index (χ4v) is 2.96. The summed E-state index contributed by atoms with van der Waals surface area (Å²) in [5, 5.41) is 0. The van der Waals surface area contributed by atoms with Crippen LogP contribution in [0.2, 0.25) is 0 Å². The van der Waals surface area contributed by atoms with Crippen molar-refractivity contribution >= 4 is 5.69 Å². The minimum absolute atomic E-state index is 0.0636. The number of piperidine rings is 1. The van der Waals surface area contributed by atoms with E-state index >= 15 is 0 Å². The Kier molecular flexibility index (Phi) is 4.81. The topological polar surface area (TPSA) is 29.3 Å². The van der Waals surface area contributed by atoms with Crippen LogP contribution in [0, 0.1) is 11.7 Å². The monoisotopic (exact) mass is 264 g/mol. The highest BCUT2D eigenvalue weighted by atomic mass is 19.1. The van der Waals surface area contributed by atoms with E-state index < -0.39 is 0 Å². The summed E-state index contributed by atoms with van der Waals surface area (Å²) in [6, 6.07) is 5.18. The molecule has 0 spiro atoms. The zero-order valence-corrected chi connectivity index (χ0v) is 12.0. The molecular weight excluding hydrogens is 239 g/mol. The second-order valence-electron chi connectivity index (χ2n) is 5.79. The molecule has 1 atom stereocenters. The number of rotatable bonds is 4. The first-order valence-corrected chi connectivity index (χ1v) is 7.39. The quantitative estimate of drug-likeness (QED) is 0.903. The lowest BCUT2D eigenvalue weighted by molar-refractivity contribution is 0.394. The number of nitrogens with two attached hydrogens (primary N) is 1. The average Bonchev–Trinajstić information content (AvgIpc) is 2.38. The Morgan fingerprint density at radius 3 is 2.63 bits per heavy atom. The fourth-order valence-electron chi connectivity index (χ4n) is 2.96. The van der Waals surface area contributed by atoms with Gasteiger partial charge in [0.05, 0.1) is 0 Å². The van der Waals surface area contributed by atoms with Crippen molar-refractivity contribution < 1.29 is 4.39 Å². The lowest BCUT2D eigenvalue weighted by Gasteiger charge is -2.34. The second-order valence-corrected chi connectivity index (χ2v) is 5.79. The van der Waals surface area contributed by atoms with Crippen molar-refractivity contribution in [1.29, 1.82) is 0 Å². The van der Waals surface area contributed by atoms with Crippen LogP contribution in [-0.2, 0) is 6.42 Å². The van der Waals surface area contributed by atoms with E-state index in [1.54, 1.807) is 12.1 Å². The zero-order valence-electron chi connectivity index (χ0n) is 12.0. The molecule has 0 saturated carbocycles. The number of halogens is 1. The smallest absolute Gasteiger partial charge is 0.123 e. The normalized spacial score (nSPS) is 18.6. The van der Waals surface area contributed by atoms with Crippen LogP contribution in [0.5, 0.6) is 0 Å². The van der Waals surface area contributed by atoms with Gasteiger partial charge in [-0.15, -0.1) is 0 Å². The summed E-state index contributed by atoms with van der Waals surface area (Å²) in [5.41, 5.74) is 8.10. The lowest BCUT2D eigenvalue weighted by Crippen LogP contribution is -2.34. The molecule has 0 bridgehead atoms. The molecule has 1 heterocycles. The van der Waals surface area contributed by atoms with E-state index in [4.69, 9.17) is 5.73 Å². The van der Waals surface area contributed by atoms with Crippen molar-refractivity contribution in [1.82, 2.24) is 0 Å². The predicted molar refractivity (Wildman–Crippen MR) is 79.0 cm³/mol. The summed E-state index contributed by atoms with van der Waals surface area (Å²) < 4.78 is 13.4. The van der Waals surface area contributed by atoms with E-state index in [2.05, 4.69) is 11.8 Å². The molecule has 0 amide bonds. The molecule has 2 N–H and O–H groups in total. The van der Waals surface area contributed by atoms with Gasteiger partial charge in [-0.1, -0.05) is 13.3 Å². The Hall–Kier alpha value is -1.09. The summed E-state index contributed by atoms with van der Waals surface area (Å²) in [4.78, 5) is 2.39. The lowest BCUT2D eigenvalue weighted by atomic mass is 9.93. The first-order valence-electron chi connectivity index (χ1n) is 7.39. The molecule has 1 aromatic rings. The SMILES string of the molecule is CCC1CCN(c2ccc(F)cc2CC(C)N)CC1. The van der Waals surface area contributed by atoms with Gasteiger partial charge in [-0.05, 0) is 55.9 Å². The Morgan fingerprint density at radius 1 is 1.37 bits per heavy atom. The van der Waals surface area contributed by atoms with E-state index in [0.717, 1.165) is 31.0 Å². The van der Waals surface area contributed by atoms with Crippen LogP contribution in [0.15, 0.2) is 18.2 Å². The molecule has 0 radical (unpaired) electrons. The minimum atomic E-state index is -0.164. The van der Waals surface area contributed by atoms with Crippen LogP contribution in [0.1, 0.15) is 38.7 Å². The van der Waals surface area contributed by atoms with Crippen LogP contribution in [0.4, 0.5) is 10.1 Å². The third-order valence-corrected chi connectivity index (χ3v) is 4.12. The fraction of sp³-hybridized carbons (Fsp3) is 0.625. The van der Waals surface area contributed by atoms with E-state index in [-0.39, 0.29) is 11.9 Å². The highest BCUT2D eigenvalue weighted by Gasteiger charge is 2.20. The van der Waals surface area contributed by atoms with Gasteiger partial charge in [0.25, 0.3) is 0 Å². The first kappa shape index (κ1) is 14.3. The van der Waals surface area contributed by atoms with E-state index in [0.29, 0.717) is 0 Å². The molecule has 1 aliphatic rings. The highest BCUT2D eigenvalue weighted by Crippen LogP contribution is 2.28. The summed E-state index contributed by atoms with van der Waals surface area (Å²) in [7, 11) is 0. The molecule has 19 heavy (non-hydrogen) atoms. The maximum absolute atomic E-state index is 13.4. The van der Waals surface area contributed by atoms with Crippen molar-refractivity contribution in [2.24, 2.45) is 11.7 Å². The van der Waals surface area contributed by atoms with E-state index in [1.807, 2.05) is 13.0 Å². The number of anilines is 1. The van der Waals surface area contributed by atoms with Crippen molar-refractivity contribution in [3.63, 3.8) is 0 Å². The van der Waals surface area contributed by atoms with Gasteiger partial charge in [0.1, 0.15) is 5.82 Å². The first-order chi connectivity index (χ1) is 9.10. The molecule has 0 aliphatic carbocycles. The maximum atomic E-state index is 13.4. The van der Waals surface area contributed by atoms with Gasteiger partial charge in [0.15, 0.2) is 0 Å². The zero-order chi connectivity index (χ0) is 13.8. The van der Waals surface area contributed by atoms with Gasteiger partial charge in [-0.2, -0.15) is 0 Å². The van der Waals surface area contributed by atoms with Gasteiger partial charge in [0.2, 0.25) is 0 Å². The Bertz CT molecular complexity index is 409. The van der Waals surface area contributed by atoms with Crippen molar-refractivity contribution in [3.8, 4) is 0 Å². The summed E-state index contributed by atoms with van der Waals surface area (Å²) in [6.45, 7) is 6.39. The molecule has 2 nitrogen and oxygen atoms in total. The van der Waals surface area contributed by atoms with Crippen molar-refractivity contribution in [2.75, 3.05) is 18.0 Å². The number of benzene rings is 1. The average molecular weight is 264 g/mol. The van der Waals surface area contributed by atoms with Gasteiger partial charge in [-0.3, -0.25) is 0 Å². The van der Waals surface area contributed by atoms with Crippen LogP contribution < -0.4 is 10.6 Å². The summed E-state index contributed by atoms with van der Waals surface area (Å²) in [6.07, 6.45) is 4.49. The van der Waals surface area contributed by atoms with Crippen LogP contribution in [0.3, 0.4) is 0 Å². The molecule has 1 unspecified atom stereocenters. The molecule has 106 valence electrons. The van der Waals surface area contributed by atoms with Crippen LogP contribution in [-0.4, -0.2) is 19.1 Å². The molecule has 2 rings (SSSR count). The van der Waals surface area contributed by atoms with Gasteiger partial charge in [-0.25, -0.2) is 4.39 Å². The standard InChI is InChI=1S/C16H25FN2/c1-3-13-6-8-19(9-7-13)16-5-4-15(17)11-14(16)10-12(2)18/h4-5,11-13H,3,6-10,18H2,1-2H3. The Morgan fingerprint density at radius 2 is 2.05 bits per heavy atom. The summed E-state index contributed by atoms with van der Waals surface area (Å²) in [5.74, 6) is 0.691. The third-order valence-electron chi connectivity index (χ3n) is 4.12. The molecule has 1 aromatic carbocycles. The second kappa shape index (κ2) is 6.38. The Labute approximate surface area is 115 Å². The number of hydrogen-bond acceptors (Lipinski definition) is 2. The molecule has 1 aliphatic heterocycles. The molecular formula is C16H25FN2. The highest BCUT2D eigenvalue weighted by molar-refractivity contribution is 5.54. The van der Waals surface area contributed by atoms with Gasteiger partial charge in [0, 0.05) is 24.8 Å². The maximum Gasteiger partial charge on any atom is 0.123 e. The van der Waals surface area contributed by atoms with Gasteiger partial charge < -0.3 is 10.6 Å².